The lowest BCUT2D eigenvalue weighted by molar-refractivity contribution is -0.0591. The van der Waals surface area contributed by atoms with Crippen LogP contribution in [0.4, 0.5) is 0 Å². The van der Waals surface area contributed by atoms with Gasteiger partial charge in [0.15, 0.2) is 0 Å². The lowest BCUT2D eigenvalue weighted by Crippen LogP contribution is -2.47. The number of rotatable bonds is 5. The highest BCUT2D eigenvalue weighted by Crippen LogP contribution is 2.57. The van der Waals surface area contributed by atoms with Crippen molar-refractivity contribution in [3.8, 4) is 0 Å². The topological polar surface area (TPSA) is 0 Å². The van der Waals surface area contributed by atoms with E-state index in [1.54, 1.807) is 19.3 Å². The lowest BCUT2D eigenvalue weighted by atomic mass is 9.50. The van der Waals surface area contributed by atoms with E-state index in [0.29, 0.717) is 0 Å². The summed E-state index contributed by atoms with van der Waals surface area (Å²) in [5.41, 5.74) is 0. The lowest BCUT2D eigenvalue weighted by Gasteiger charge is -2.56. The van der Waals surface area contributed by atoms with Crippen molar-refractivity contribution < 1.29 is 0 Å². The molecule has 0 N–H and O–H groups in total. The SMILES string of the molecule is CCC(CC)CC(C)C1CC2CCC21. The summed E-state index contributed by atoms with van der Waals surface area (Å²) in [6.07, 6.45) is 8.97. The van der Waals surface area contributed by atoms with Gasteiger partial charge in [0, 0.05) is 0 Å². The molecule has 4 atom stereocenters. The summed E-state index contributed by atoms with van der Waals surface area (Å²) in [7, 11) is 0. The number of fused-ring (bicyclic) bond motifs is 1. The van der Waals surface area contributed by atoms with Crippen LogP contribution in [0.5, 0.6) is 0 Å². The molecule has 0 heteroatoms. The van der Waals surface area contributed by atoms with Gasteiger partial charge in [-0.05, 0) is 55.3 Å². The summed E-state index contributed by atoms with van der Waals surface area (Å²) < 4.78 is 0. The van der Waals surface area contributed by atoms with Crippen LogP contribution >= 0.6 is 0 Å². The van der Waals surface area contributed by atoms with Crippen molar-refractivity contribution in [1.82, 2.24) is 0 Å². The number of hydrogen-bond acceptors (Lipinski definition) is 0. The van der Waals surface area contributed by atoms with Gasteiger partial charge in [0.2, 0.25) is 0 Å². The van der Waals surface area contributed by atoms with Crippen LogP contribution in [0.1, 0.15) is 59.3 Å². The van der Waals surface area contributed by atoms with E-state index < -0.39 is 0 Å². The molecule has 0 saturated heterocycles. The second-order valence-corrected chi connectivity index (χ2v) is 5.80. The van der Waals surface area contributed by atoms with E-state index >= 15 is 0 Å². The molecule has 0 amide bonds. The molecule has 0 heterocycles. The first-order valence-electron chi connectivity index (χ1n) is 6.76. The van der Waals surface area contributed by atoms with Gasteiger partial charge in [-0.1, -0.05) is 33.6 Å². The van der Waals surface area contributed by atoms with Gasteiger partial charge in [-0.2, -0.15) is 0 Å². The maximum absolute atomic E-state index is 2.51. The van der Waals surface area contributed by atoms with E-state index in [2.05, 4.69) is 20.8 Å². The van der Waals surface area contributed by atoms with Gasteiger partial charge in [0.1, 0.15) is 0 Å². The Morgan fingerprint density at radius 3 is 2.21 bits per heavy atom. The van der Waals surface area contributed by atoms with Crippen LogP contribution in [0.2, 0.25) is 0 Å². The average molecular weight is 194 g/mol. The van der Waals surface area contributed by atoms with E-state index in [9.17, 15) is 0 Å². The summed E-state index contributed by atoms with van der Waals surface area (Å²) in [6, 6.07) is 0. The standard InChI is InChI=1S/C14H26/c1-4-11(5-2)8-10(3)14-9-12-6-7-13(12)14/h10-14H,4-9H2,1-3H3. The fraction of sp³-hybridized carbons (Fsp3) is 1.00. The van der Waals surface area contributed by atoms with Crippen LogP contribution in [-0.4, -0.2) is 0 Å². The maximum Gasteiger partial charge on any atom is -0.0355 e. The van der Waals surface area contributed by atoms with Gasteiger partial charge in [-0.3, -0.25) is 0 Å². The molecule has 0 aromatic rings. The molecule has 0 aliphatic heterocycles. The molecule has 0 radical (unpaired) electrons. The number of hydrogen-bond donors (Lipinski definition) is 0. The Kier molecular flexibility index (Phi) is 3.19. The fourth-order valence-corrected chi connectivity index (χ4v) is 3.76. The molecule has 82 valence electrons. The van der Waals surface area contributed by atoms with Crippen molar-refractivity contribution in [1.29, 1.82) is 0 Å². The van der Waals surface area contributed by atoms with Gasteiger partial charge in [-0.15, -0.1) is 0 Å². The van der Waals surface area contributed by atoms with Gasteiger partial charge in [0.05, 0.1) is 0 Å². The highest BCUT2D eigenvalue weighted by atomic mass is 14.5. The largest absolute Gasteiger partial charge is 0.0651 e. The Balaban J connectivity index is 1.75. The zero-order valence-corrected chi connectivity index (χ0v) is 10.1. The molecule has 0 bridgehead atoms. The third kappa shape index (κ3) is 1.73. The van der Waals surface area contributed by atoms with Crippen molar-refractivity contribution in [3.63, 3.8) is 0 Å². The van der Waals surface area contributed by atoms with Crippen LogP contribution in [0.15, 0.2) is 0 Å². The minimum atomic E-state index is 1.00. The predicted octanol–water partition coefficient (Wildman–Crippen LogP) is 4.49. The summed E-state index contributed by atoms with van der Waals surface area (Å²) in [4.78, 5) is 0. The first-order chi connectivity index (χ1) is 6.76. The fourth-order valence-electron chi connectivity index (χ4n) is 3.76. The molecule has 4 unspecified atom stereocenters. The Morgan fingerprint density at radius 1 is 1.14 bits per heavy atom. The summed E-state index contributed by atoms with van der Waals surface area (Å²) in [5.74, 6) is 5.48. The van der Waals surface area contributed by atoms with Crippen molar-refractivity contribution in [2.75, 3.05) is 0 Å². The molecule has 0 aromatic heterocycles. The molecule has 2 fully saturated rings. The third-order valence-corrected chi connectivity index (χ3v) is 5.19. The Bertz CT molecular complexity index is 180. The smallest absolute Gasteiger partial charge is 0.0355 e. The second-order valence-electron chi connectivity index (χ2n) is 5.80. The summed E-state index contributed by atoms with van der Waals surface area (Å²) >= 11 is 0. The molecule has 14 heavy (non-hydrogen) atoms. The third-order valence-electron chi connectivity index (χ3n) is 5.19. The summed E-state index contributed by atoms with van der Waals surface area (Å²) in [5, 5.41) is 0. The Hall–Kier alpha value is 0. The molecular formula is C14H26. The summed E-state index contributed by atoms with van der Waals surface area (Å²) in [6.45, 7) is 7.22. The molecule has 0 spiro atoms. The van der Waals surface area contributed by atoms with Crippen molar-refractivity contribution in [3.05, 3.63) is 0 Å². The predicted molar refractivity (Wildman–Crippen MR) is 62.2 cm³/mol. The average Bonchev–Trinajstić information content (AvgIpc) is 2.18. The second kappa shape index (κ2) is 4.24. The van der Waals surface area contributed by atoms with Gasteiger partial charge < -0.3 is 0 Å². The van der Waals surface area contributed by atoms with Crippen molar-refractivity contribution in [2.24, 2.45) is 29.6 Å². The van der Waals surface area contributed by atoms with Crippen LogP contribution in [0.25, 0.3) is 0 Å². The monoisotopic (exact) mass is 194 g/mol. The van der Waals surface area contributed by atoms with E-state index in [-0.39, 0.29) is 0 Å². The van der Waals surface area contributed by atoms with Crippen molar-refractivity contribution >= 4 is 0 Å². The first kappa shape index (κ1) is 10.5. The molecule has 2 saturated carbocycles. The molecule has 2 rings (SSSR count). The Labute approximate surface area is 89.5 Å². The van der Waals surface area contributed by atoms with Crippen LogP contribution < -0.4 is 0 Å². The zero-order chi connectivity index (χ0) is 10.1. The molecule has 2 aliphatic rings. The molecule has 0 nitrogen and oxygen atoms in total. The molecule has 2 aliphatic carbocycles. The quantitative estimate of drug-likeness (QED) is 0.604. The minimum absolute atomic E-state index is 1.00. The normalized spacial score (nSPS) is 37.3. The zero-order valence-electron chi connectivity index (χ0n) is 10.1. The molecular weight excluding hydrogens is 168 g/mol. The highest BCUT2D eigenvalue weighted by molar-refractivity contribution is 4.98. The van der Waals surface area contributed by atoms with Gasteiger partial charge in [-0.25, -0.2) is 0 Å². The van der Waals surface area contributed by atoms with Crippen LogP contribution in [0.3, 0.4) is 0 Å². The van der Waals surface area contributed by atoms with E-state index in [4.69, 9.17) is 0 Å². The van der Waals surface area contributed by atoms with Crippen molar-refractivity contribution in [2.45, 2.75) is 59.3 Å². The maximum atomic E-state index is 2.51. The van der Waals surface area contributed by atoms with Gasteiger partial charge >= 0.3 is 0 Å². The van der Waals surface area contributed by atoms with E-state index in [0.717, 1.165) is 17.8 Å². The first-order valence-corrected chi connectivity index (χ1v) is 6.76. The van der Waals surface area contributed by atoms with Gasteiger partial charge in [0.25, 0.3) is 0 Å². The van der Waals surface area contributed by atoms with Crippen LogP contribution in [-0.2, 0) is 0 Å². The Morgan fingerprint density at radius 2 is 1.86 bits per heavy atom. The highest BCUT2D eigenvalue weighted by Gasteiger charge is 2.48. The van der Waals surface area contributed by atoms with E-state index in [1.165, 1.54) is 31.1 Å². The van der Waals surface area contributed by atoms with Crippen LogP contribution in [0, 0.1) is 29.6 Å². The van der Waals surface area contributed by atoms with E-state index in [1.807, 2.05) is 0 Å². The molecule has 0 aromatic carbocycles. The minimum Gasteiger partial charge on any atom is -0.0651 e.